The van der Waals surface area contributed by atoms with Crippen LogP contribution in [0.1, 0.15) is 15.9 Å². The standard InChI is InChI=1S/C14H16N2O2/c1-18-13-4-2-3-11(9-13)5-8-16-14(17)12-6-7-15-10-12/h2-4,6-7,9-10,15H,5,8H2,1H3,(H,16,17). The summed E-state index contributed by atoms with van der Waals surface area (Å²) in [6, 6.07) is 9.60. The van der Waals surface area contributed by atoms with Crippen molar-refractivity contribution >= 4 is 5.91 Å². The lowest BCUT2D eigenvalue weighted by Gasteiger charge is -2.05. The highest BCUT2D eigenvalue weighted by Crippen LogP contribution is 2.12. The van der Waals surface area contributed by atoms with E-state index in [0.29, 0.717) is 12.1 Å². The number of carbonyl (C=O) groups excluding carboxylic acids is 1. The lowest BCUT2D eigenvalue weighted by atomic mass is 10.1. The number of carbonyl (C=O) groups is 1. The number of H-pyrrole nitrogens is 1. The van der Waals surface area contributed by atoms with E-state index in [1.807, 2.05) is 24.3 Å². The summed E-state index contributed by atoms with van der Waals surface area (Å²) in [6.45, 7) is 0.608. The number of rotatable bonds is 5. The molecule has 1 heterocycles. The Morgan fingerprint density at radius 1 is 1.39 bits per heavy atom. The van der Waals surface area contributed by atoms with Crippen molar-refractivity contribution in [3.8, 4) is 5.75 Å². The van der Waals surface area contributed by atoms with E-state index >= 15 is 0 Å². The second kappa shape index (κ2) is 5.91. The molecule has 2 rings (SSSR count). The van der Waals surface area contributed by atoms with E-state index in [1.54, 1.807) is 25.6 Å². The maximum absolute atomic E-state index is 11.7. The largest absolute Gasteiger partial charge is 0.497 e. The molecule has 0 atom stereocenters. The number of amides is 1. The number of aromatic nitrogens is 1. The van der Waals surface area contributed by atoms with Gasteiger partial charge < -0.3 is 15.0 Å². The van der Waals surface area contributed by atoms with Crippen LogP contribution >= 0.6 is 0 Å². The Morgan fingerprint density at radius 3 is 3.00 bits per heavy atom. The molecular formula is C14H16N2O2. The molecule has 0 aliphatic heterocycles. The summed E-state index contributed by atoms with van der Waals surface area (Å²) in [5, 5.41) is 2.87. The zero-order valence-electron chi connectivity index (χ0n) is 10.3. The third-order valence-corrected chi connectivity index (χ3v) is 2.69. The lowest BCUT2D eigenvalue weighted by molar-refractivity contribution is 0.0954. The maximum atomic E-state index is 11.7. The molecule has 0 aliphatic rings. The molecule has 1 aromatic heterocycles. The average molecular weight is 244 g/mol. The van der Waals surface area contributed by atoms with Crippen LogP contribution in [0.2, 0.25) is 0 Å². The van der Waals surface area contributed by atoms with Gasteiger partial charge in [-0.05, 0) is 30.2 Å². The van der Waals surface area contributed by atoms with E-state index in [4.69, 9.17) is 4.74 Å². The van der Waals surface area contributed by atoms with E-state index in [2.05, 4.69) is 10.3 Å². The fraction of sp³-hybridized carbons (Fsp3) is 0.214. The Hall–Kier alpha value is -2.23. The summed E-state index contributed by atoms with van der Waals surface area (Å²) in [5.74, 6) is 0.781. The number of hydrogen-bond donors (Lipinski definition) is 2. The minimum absolute atomic E-state index is 0.0563. The monoisotopic (exact) mass is 244 g/mol. The highest BCUT2D eigenvalue weighted by Gasteiger charge is 2.04. The molecule has 0 unspecified atom stereocenters. The van der Waals surface area contributed by atoms with Gasteiger partial charge in [0.15, 0.2) is 0 Å². The minimum atomic E-state index is -0.0563. The zero-order valence-corrected chi connectivity index (χ0v) is 10.3. The predicted octanol–water partition coefficient (Wildman–Crippen LogP) is 2.00. The van der Waals surface area contributed by atoms with Gasteiger partial charge in [-0.1, -0.05) is 12.1 Å². The number of ether oxygens (including phenoxy) is 1. The number of nitrogens with one attached hydrogen (secondary N) is 2. The Labute approximate surface area is 106 Å². The molecule has 94 valence electrons. The van der Waals surface area contributed by atoms with Gasteiger partial charge in [0, 0.05) is 18.9 Å². The van der Waals surface area contributed by atoms with Gasteiger partial charge in [-0.25, -0.2) is 0 Å². The summed E-state index contributed by atoms with van der Waals surface area (Å²) in [5.41, 5.74) is 1.80. The summed E-state index contributed by atoms with van der Waals surface area (Å²) in [7, 11) is 1.65. The molecule has 1 amide bonds. The number of benzene rings is 1. The van der Waals surface area contributed by atoms with Crippen molar-refractivity contribution in [2.75, 3.05) is 13.7 Å². The first-order valence-electron chi connectivity index (χ1n) is 5.83. The van der Waals surface area contributed by atoms with Gasteiger partial charge in [0.05, 0.1) is 12.7 Å². The molecule has 2 aromatic rings. The summed E-state index contributed by atoms with van der Waals surface area (Å²) in [6.07, 6.45) is 4.20. The van der Waals surface area contributed by atoms with Crippen molar-refractivity contribution in [2.24, 2.45) is 0 Å². The van der Waals surface area contributed by atoms with Gasteiger partial charge in [-0.2, -0.15) is 0 Å². The van der Waals surface area contributed by atoms with Gasteiger partial charge in [-0.15, -0.1) is 0 Å². The van der Waals surface area contributed by atoms with Gasteiger partial charge in [0.1, 0.15) is 5.75 Å². The number of methoxy groups -OCH3 is 1. The summed E-state index contributed by atoms with van der Waals surface area (Å²) < 4.78 is 5.15. The van der Waals surface area contributed by atoms with Crippen LogP contribution in [0.4, 0.5) is 0 Å². The van der Waals surface area contributed by atoms with Crippen LogP contribution in [0.15, 0.2) is 42.7 Å². The van der Waals surface area contributed by atoms with E-state index in [1.165, 1.54) is 0 Å². The van der Waals surface area contributed by atoms with Gasteiger partial charge >= 0.3 is 0 Å². The Bertz CT molecular complexity index is 506. The highest BCUT2D eigenvalue weighted by molar-refractivity contribution is 5.93. The Kier molecular flexibility index (Phi) is 4.02. The van der Waals surface area contributed by atoms with E-state index < -0.39 is 0 Å². The van der Waals surface area contributed by atoms with Crippen molar-refractivity contribution in [2.45, 2.75) is 6.42 Å². The zero-order chi connectivity index (χ0) is 12.8. The molecule has 0 spiro atoms. The summed E-state index contributed by atoms with van der Waals surface area (Å²) in [4.78, 5) is 14.5. The van der Waals surface area contributed by atoms with Crippen LogP contribution in [0, 0.1) is 0 Å². The third-order valence-electron chi connectivity index (χ3n) is 2.69. The molecule has 0 saturated heterocycles. The van der Waals surface area contributed by atoms with Crippen molar-refractivity contribution in [3.63, 3.8) is 0 Å². The van der Waals surface area contributed by atoms with Crippen LogP contribution in [0.25, 0.3) is 0 Å². The van der Waals surface area contributed by atoms with Crippen LogP contribution < -0.4 is 10.1 Å². The quantitative estimate of drug-likeness (QED) is 0.845. The van der Waals surface area contributed by atoms with Gasteiger partial charge in [-0.3, -0.25) is 4.79 Å². The third kappa shape index (κ3) is 3.13. The molecule has 4 nitrogen and oxygen atoms in total. The Balaban J connectivity index is 1.83. The molecule has 18 heavy (non-hydrogen) atoms. The maximum Gasteiger partial charge on any atom is 0.252 e. The van der Waals surface area contributed by atoms with Crippen molar-refractivity contribution in [1.29, 1.82) is 0 Å². The lowest BCUT2D eigenvalue weighted by Crippen LogP contribution is -2.25. The van der Waals surface area contributed by atoms with E-state index in [0.717, 1.165) is 17.7 Å². The molecule has 4 heteroatoms. The van der Waals surface area contributed by atoms with Crippen LogP contribution in [-0.2, 0) is 6.42 Å². The first-order chi connectivity index (χ1) is 8.79. The first kappa shape index (κ1) is 12.2. The first-order valence-corrected chi connectivity index (χ1v) is 5.83. The number of hydrogen-bond acceptors (Lipinski definition) is 2. The van der Waals surface area contributed by atoms with Crippen molar-refractivity contribution < 1.29 is 9.53 Å². The Morgan fingerprint density at radius 2 is 2.28 bits per heavy atom. The molecule has 0 radical (unpaired) electrons. The van der Waals surface area contributed by atoms with Crippen LogP contribution in [0.5, 0.6) is 5.75 Å². The molecule has 0 saturated carbocycles. The number of aromatic amines is 1. The SMILES string of the molecule is COc1cccc(CCNC(=O)c2cc[nH]c2)c1. The molecular weight excluding hydrogens is 228 g/mol. The van der Waals surface area contributed by atoms with Gasteiger partial charge in [0.25, 0.3) is 5.91 Å². The van der Waals surface area contributed by atoms with E-state index in [-0.39, 0.29) is 5.91 Å². The van der Waals surface area contributed by atoms with Crippen molar-refractivity contribution in [3.05, 3.63) is 53.9 Å². The van der Waals surface area contributed by atoms with Gasteiger partial charge in [0.2, 0.25) is 0 Å². The smallest absolute Gasteiger partial charge is 0.252 e. The normalized spacial score (nSPS) is 10.1. The summed E-state index contributed by atoms with van der Waals surface area (Å²) >= 11 is 0. The predicted molar refractivity (Wildman–Crippen MR) is 69.8 cm³/mol. The van der Waals surface area contributed by atoms with E-state index in [9.17, 15) is 4.79 Å². The highest BCUT2D eigenvalue weighted by atomic mass is 16.5. The second-order valence-electron chi connectivity index (χ2n) is 3.96. The van der Waals surface area contributed by atoms with Crippen LogP contribution in [-0.4, -0.2) is 24.5 Å². The molecule has 0 bridgehead atoms. The fourth-order valence-electron chi connectivity index (χ4n) is 1.72. The van der Waals surface area contributed by atoms with Crippen LogP contribution in [0.3, 0.4) is 0 Å². The molecule has 1 aromatic carbocycles. The minimum Gasteiger partial charge on any atom is -0.497 e. The second-order valence-corrected chi connectivity index (χ2v) is 3.96. The molecule has 2 N–H and O–H groups in total. The van der Waals surface area contributed by atoms with Crippen molar-refractivity contribution in [1.82, 2.24) is 10.3 Å². The topological polar surface area (TPSA) is 54.1 Å². The molecule has 0 aliphatic carbocycles. The fourth-order valence-corrected chi connectivity index (χ4v) is 1.72. The molecule has 0 fully saturated rings. The average Bonchev–Trinajstić information content (AvgIpc) is 2.93.